The molecule has 0 amide bonds. The molecule has 0 aliphatic heterocycles. The predicted octanol–water partition coefficient (Wildman–Crippen LogP) is 5.69. The summed E-state index contributed by atoms with van der Waals surface area (Å²) < 4.78 is 0. The van der Waals surface area contributed by atoms with Gasteiger partial charge in [0.2, 0.25) is 0 Å². The molecule has 0 heterocycles. The van der Waals surface area contributed by atoms with Gasteiger partial charge in [-0.3, -0.25) is 0 Å². The Kier molecular flexibility index (Phi) is 10.5. The van der Waals surface area contributed by atoms with Gasteiger partial charge in [-0.25, -0.2) is 0 Å². The molecule has 114 valence electrons. The summed E-state index contributed by atoms with van der Waals surface area (Å²) in [7, 11) is 0. The van der Waals surface area contributed by atoms with Crippen LogP contribution in [0.3, 0.4) is 0 Å². The Balaban J connectivity index is 1.88. The fourth-order valence-corrected chi connectivity index (χ4v) is 3.28. The van der Waals surface area contributed by atoms with Crippen molar-refractivity contribution in [3.8, 4) is 0 Å². The van der Waals surface area contributed by atoms with Crippen molar-refractivity contribution in [1.29, 1.82) is 0 Å². The summed E-state index contributed by atoms with van der Waals surface area (Å²) in [6, 6.07) is 0.836. The zero-order valence-electron chi connectivity index (χ0n) is 13.6. The summed E-state index contributed by atoms with van der Waals surface area (Å²) in [6.07, 6.45) is 18.9. The van der Waals surface area contributed by atoms with Crippen LogP contribution >= 0.6 is 0 Å². The summed E-state index contributed by atoms with van der Waals surface area (Å²) in [5.41, 5.74) is 0. The zero-order valence-corrected chi connectivity index (χ0v) is 13.6. The number of unbranched alkanes of at least 4 members (excludes halogenated alkanes) is 8. The first-order valence-electron chi connectivity index (χ1n) is 9.11. The molecule has 1 heteroatoms. The molecule has 1 unspecified atom stereocenters. The van der Waals surface area contributed by atoms with E-state index < -0.39 is 0 Å². The van der Waals surface area contributed by atoms with Crippen LogP contribution in [-0.2, 0) is 0 Å². The van der Waals surface area contributed by atoms with E-state index in [1.165, 1.54) is 83.5 Å². The number of rotatable bonds is 13. The van der Waals surface area contributed by atoms with E-state index >= 15 is 0 Å². The van der Waals surface area contributed by atoms with Crippen LogP contribution in [0, 0.1) is 5.92 Å². The van der Waals surface area contributed by atoms with E-state index in [1.807, 2.05) is 0 Å². The standard InChI is InChI=1S/C18H37N/c1-3-5-6-7-8-9-10-11-12-16-18(19-4-2)17-14-13-15-17/h17-19H,3-16H2,1-2H3. The smallest absolute Gasteiger partial charge is 0.00952 e. The van der Waals surface area contributed by atoms with Gasteiger partial charge in [0.25, 0.3) is 0 Å². The molecule has 1 N–H and O–H groups in total. The molecule has 1 atom stereocenters. The molecule has 0 aromatic heterocycles. The maximum atomic E-state index is 3.71. The highest BCUT2D eigenvalue weighted by Crippen LogP contribution is 2.31. The third-order valence-electron chi connectivity index (χ3n) is 4.80. The highest BCUT2D eigenvalue weighted by molar-refractivity contribution is 4.82. The van der Waals surface area contributed by atoms with E-state index in [2.05, 4.69) is 19.2 Å². The van der Waals surface area contributed by atoms with Crippen LogP contribution in [0.5, 0.6) is 0 Å². The quantitative estimate of drug-likeness (QED) is 0.423. The fraction of sp³-hybridized carbons (Fsp3) is 1.00. The van der Waals surface area contributed by atoms with Crippen molar-refractivity contribution < 1.29 is 0 Å². The average molecular weight is 268 g/mol. The van der Waals surface area contributed by atoms with E-state index in [9.17, 15) is 0 Å². The summed E-state index contributed by atoms with van der Waals surface area (Å²) in [5, 5.41) is 3.71. The Morgan fingerprint density at radius 1 is 0.842 bits per heavy atom. The highest BCUT2D eigenvalue weighted by atomic mass is 14.9. The van der Waals surface area contributed by atoms with Gasteiger partial charge in [0.15, 0.2) is 0 Å². The summed E-state index contributed by atoms with van der Waals surface area (Å²) in [6.45, 7) is 5.70. The Bertz CT molecular complexity index is 186. The topological polar surface area (TPSA) is 12.0 Å². The first-order valence-corrected chi connectivity index (χ1v) is 9.11. The van der Waals surface area contributed by atoms with Gasteiger partial charge < -0.3 is 5.32 Å². The molecular formula is C18H37N. The maximum Gasteiger partial charge on any atom is 0.00952 e. The number of hydrogen-bond acceptors (Lipinski definition) is 1. The van der Waals surface area contributed by atoms with Crippen molar-refractivity contribution in [2.75, 3.05) is 6.54 Å². The lowest BCUT2D eigenvalue weighted by molar-refractivity contribution is 0.218. The van der Waals surface area contributed by atoms with Crippen LogP contribution in [0.1, 0.15) is 97.3 Å². The lowest BCUT2D eigenvalue weighted by Crippen LogP contribution is -2.39. The summed E-state index contributed by atoms with van der Waals surface area (Å²) in [5.74, 6) is 1.01. The summed E-state index contributed by atoms with van der Waals surface area (Å²) in [4.78, 5) is 0. The van der Waals surface area contributed by atoms with Crippen LogP contribution < -0.4 is 5.32 Å². The minimum atomic E-state index is 0.836. The Morgan fingerprint density at radius 3 is 1.89 bits per heavy atom. The minimum Gasteiger partial charge on any atom is -0.314 e. The van der Waals surface area contributed by atoms with Crippen molar-refractivity contribution >= 4 is 0 Å². The molecule has 0 aromatic carbocycles. The molecule has 1 fully saturated rings. The SMILES string of the molecule is CCCCCCCCCCCC(NCC)C1CCC1. The molecule has 0 bridgehead atoms. The van der Waals surface area contributed by atoms with Gasteiger partial charge in [0.05, 0.1) is 0 Å². The second kappa shape index (κ2) is 11.8. The van der Waals surface area contributed by atoms with Crippen molar-refractivity contribution in [3.63, 3.8) is 0 Å². The lowest BCUT2D eigenvalue weighted by Gasteiger charge is -2.34. The van der Waals surface area contributed by atoms with E-state index in [1.54, 1.807) is 0 Å². The minimum absolute atomic E-state index is 0.836. The molecule has 0 spiro atoms. The van der Waals surface area contributed by atoms with E-state index in [0.717, 1.165) is 18.5 Å². The van der Waals surface area contributed by atoms with E-state index in [0.29, 0.717) is 0 Å². The van der Waals surface area contributed by atoms with Crippen LogP contribution in [0.4, 0.5) is 0 Å². The number of nitrogens with one attached hydrogen (secondary N) is 1. The van der Waals surface area contributed by atoms with Crippen molar-refractivity contribution in [2.45, 2.75) is 103 Å². The Morgan fingerprint density at radius 2 is 1.42 bits per heavy atom. The molecule has 19 heavy (non-hydrogen) atoms. The molecule has 1 aliphatic carbocycles. The van der Waals surface area contributed by atoms with E-state index in [4.69, 9.17) is 0 Å². The summed E-state index contributed by atoms with van der Waals surface area (Å²) >= 11 is 0. The predicted molar refractivity (Wildman–Crippen MR) is 86.6 cm³/mol. The van der Waals surface area contributed by atoms with Crippen molar-refractivity contribution in [1.82, 2.24) is 5.32 Å². The van der Waals surface area contributed by atoms with Crippen molar-refractivity contribution in [2.24, 2.45) is 5.92 Å². The molecular weight excluding hydrogens is 230 g/mol. The van der Waals surface area contributed by atoms with Gasteiger partial charge in [-0.2, -0.15) is 0 Å². The second-order valence-electron chi connectivity index (χ2n) is 6.47. The van der Waals surface area contributed by atoms with Crippen LogP contribution in [0.15, 0.2) is 0 Å². The van der Waals surface area contributed by atoms with Crippen LogP contribution in [0.25, 0.3) is 0 Å². The third-order valence-corrected chi connectivity index (χ3v) is 4.80. The molecule has 1 rings (SSSR count). The van der Waals surface area contributed by atoms with Gasteiger partial charge in [-0.1, -0.05) is 78.1 Å². The van der Waals surface area contributed by atoms with Crippen LogP contribution in [0.2, 0.25) is 0 Å². The van der Waals surface area contributed by atoms with Gasteiger partial charge in [0, 0.05) is 6.04 Å². The lowest BCUT2D eigenvalue weighted by atomic mass is 9.78. The zero-order chi connectivity index (χ0) is 13.8. The first-order chi connectivity index (χ1) is 9.38. The normalized spacial score (nSPS) is 17.4. The van der Waals surface area contributed by atoms with Crippen LogP contribution in [-0.4, -0.2) is 12.6 Å². The molecule has 0 aromatic rings. The van der Waals surface area contributed by atoms with Gasteiger partial charge in [-0.15, -0.1) is 0 Å². The maximum absolute atomic E-state index is 3.71. The number of hydrogen-bond donors (Lipinski definition) is 1. The Hall–Kier alpha value is -0.0400. The molecule has 0 saturated heterocycles. The van der Waals surface area contributed by atoms with Gasteiger partial charge in [-0.05, 0) is 31.7 Å². The molecule has 1 aliphatic rings. The van der Waals surface area contributed by atoms with Gasteiger partial charge in [0.1, 0.15) is 0 Å². The molecule has 1 nitrogen and oxygen atoms in total. The first kappa shape index (κ1) is 17.0. The third kappa shape index (κ3) is 7.97. The molecule has 1 saturated carbocycles. The Labute approximate surface area is 121 Å². The highest BCUT2D eigenvalue weighted by Gasteiger charge is 2.25. The van der Waals surface area contributed by atoms with E-state index in [-0.39, 0.29) is 0 Å². The largest absolute Gasteiger partial charge is 0.314 e. The molecule has 0 radical (unpaired) electrons. The average Bonchev–Trinajstić information content (AvgIpc) is 2.35. The van der Waals surface area contributed by atoms with Gasteiger partial charge >= 0.3 is 0 Å². The second-order valence-corrected chi connectivity index (χ2v) is 6.47. The van der Waals surface area contributed by atoms with Crippen molar-refractivity contribution in [3.05, 3.63) is 0 Å². The fourth-order valence-electron chi connectivity index (χ4n) is 3.28. The monoisotopic (exact) mass is 267 g/mol.